The first-order valence-electron chi connectivity index (χ1n) is 6.68. The number of nitrogens with zero attached hydrogens (tertiary/aromatic N) is 2. The number of hydrogen-bond donors (Lipinski definition) is 0. The summed E-state index contributed by atoms with van der Waals surface area (Å²) in [7, 11) is 1.67. The van der Waals surface area contributed by atoms with Crippen molar-refractivity contribution in [3.8, 4) is 11.4 Å². The van der Waals surface area contributed by atoms with Crippen LogP contribution in [-0.4, -0.2) is 16.7 Å². The first-order valence-corrected chi connectivity index (χ1v) is 7.50. The van der Waals surface area contributed by atoms with Crippen molar-refractivity contribution in [2.75, 3.05) is 7.11 Å². The molecule has 0 aliphatic rings. The second-order valence-corrected chi connectivity index (χ2v) is 5.73. The number of ether oxygens (including phenoxy) is 1. The minimum atomic E-state index is 0.853. The fourth-order valence-electron chi connectivity index (χ4n) is 2.02. The summed E-state index contributed by atoms with van der Waals surface area (Å²) in [5, 5.41) is 0.948. The van der Waals surface area contributed by atoms with Gasteiger partial charge in [-0.3, -0.25) is 4.57 Å². The molecule has 1 aromatic heterocycles. The van der Waals surface area contributed by atoms with Gasteiger partial charge in [0.05, 0.1) is 7.11 Å². The molecule has 0 amide bonds. The van der Waals surface area contributed by atoms with Crippen LogP contribution in [0.5, 0.6) is 5.75 Å². The molecule has 0 N–H and O–H groups in total. The van der Waals surface area contributed by atoms with E-state index < -0.39 is 0 Å². The zero-order chi connectivity index (χ0) is 14.7. The van der Waals surface area contributed by atoms with Crippen LogP contribution in [0.4, 0.5) is 0 Å². The lowest BCUT2D eigenvalue weighted by Crippen LogP contribution is -1.95. The van der Waals surface area contributed by atoms with Crippen molar-refractivity contribution in [1.82, 2.24) is 9.55 Å². The summed E-state index contributed by atoms with van der Waals surface area (Å²) in [6.45, 7) is 2.09. The number of aromatic nitrogens is 2. The zero-order valence-electron chi connectivity index (χ0n) is 12.0. The number of methoxy groups -OCH3 is 1. The Hall–Kier alpha value is -2.20. The Bertz CT molecular complexity index is 717. The van der Waals surface area contributed by atoms with Crippen molar-refractivity contribution in [3.63, 3.8) is 0 Å². The smallest absolute Gasteiger partial charge is 0.177 e. The number of benzene rings is 2. The molecule has 106 valence electrons. The van der Waals surface area contributed by atoms with Gasteiger partial charge in [0, 0.05) is 23.0 Å². The highest BCUT2D eigenvalue weighted by atomic mass is 32.2. The van der Waals surface area contributed by atoms with E-state index in [4.69, 9.17) is 4.74 Å². The van der Waals surface area contributed by atoms with Crippen molar-refractivity contribution in [3.05, 3.63) is 66.5 Å². The molecule has 2 aromatic carbocycles. The minimum absolute atomic E-state index is 0.853. The highest BCUT2D eigenvalue weighted by molar-refractivity contribution is 7.99. The van der Waals surface area contributed by atoms with Crippen LogP contribution in [0.3, 0.4) is 0 Å². The molecule has 0 aliphatic carbocycles. The summed E-state index contributed by atoms with van der Waals surface area (Å²) >= 11 is 1.65. The highest BCUT2D eigenvalue weighted by Gasteiger charge is 2.07. The second kappa shape index (κ2) is 6.06. The van der Waals surface area contributed by atoms with Crippen LogP contribution < -0.4 is 4.74 Å². The van der Waals surface area contributed by atoms with E-state index in [0.717, 1.165) is 16.6 Å². The predicted molar refractivity (Wildman–Crippen MR) is 85.4 cm³/mol. The van der Waals surface area contributed by atoms with Crippen LogP contribution in [0.25, 0.3) is 5.69 Å². The van der Waals surface area contributed by atoms with Crippen molar-refractivity contribution in [2.45, 2.75) is 17.0 Å². The Morgan fingerprint density at radius 2 is 1.71 bits per heavy atom. The average Bonchev–Trinajstić information content (AvgIpc) is 2.98. The summed E-state index contributed by atoms with van der Waals surface area (Å²) in [5.74, 6) is 0.853. The van der Waals surface area contributed by atoms with E-state index in [-0.39, 0.29) is 0 Å². The molecule has 1 heterocycles. The molecule has 3 aromatic rings. The summed E-state index contributed by atoms with van der Waals surface area (Å²) in [6.07, 6.45) is 3.79. The average molecular weight is 296 g/mol. The number of rotatable bonds is 4. The first kappa shape index (κ1) is 13.8. The third-order valence-corrected chi connectivity index (χ3v) is 4.18. The van der Waals surface area contributed by atoms with Gasteiger partial charge in [0.15, 0.2) is 5.16 Å². The Balaban J connectivity index is 1.87. The van der Waals surface area contributed by atoms with Crippen LogP contribution in [0.15, 0.2) is 71.0 Å². The molecule has 0 spiro atoms. The van der Waals surface area contributed by atoms with Crippen molar-refractivity contribution in [2.24, 2.45) is 0 Å². The predicted octanol–water partition coefficient (Wildman–Crippen LogP) is 4.34. The molecule has 0 unspecified atom stereocenters. The van der Waals surface area contributed by atoms with E-state index in [1.807, 2.05) is 36.7 Å². The minimum Gasteiger partial charge on any atom is -0.497 e. The molecule has 0 atom stereocenters. The molecule has 0 aliphatic heterocycles. The van der Waals surface area contributed by atoms with E-state index in [0.29, 0.717) is 0 Å². The lowest BCUT2D eigenvalue weighted by molar-refractivity contribution is 0.414. The van der Waals surface area contributed by atoms with Crippen LogP contribution in [-0.2, 0) is 0 Å². The van der Waals surface area contributed by atoms with Gasteiger partial charge in [-0.05, 0) is 43.3 Å². The number of hydrogen-bond acceptors (Lipinski definition) is 3. The van der Waals surface area contributed by atoms with Gasteiger partial charge >= 0.3 is 0 Å². The maximum atomic E-state index is 5.19. The fourth-order valence-corrected chi connectivity index (χ4v) is 2.88. The molecule has 4 heteroatoms. The lowest BCUT2D eigenvalue weighted by Gasteiger charge is -2.08. The van der Waals surface area contributed by atoms with E-state index >= 15 is 0 Å². The molecule has 0 bridgehead atoms. The van der Waals surface area contributed by atoms with Gasteiger partial charge in [0.1, 0.15) is 5.75 Å². The summed E-state index contributed by atoms with van der Waals surface area (Å²) < 4.78 is 7.27. The third-order valence-electron chi connectivity index (χ3n) is 3.19. The molecule has 21 heavy (non-hydrogen) atoms. The van der Waals surface area contributed by atoms with Gasteiger partial charge in [0.2, 0.25) is 0 Å². The normalized spacial score (nSPS) is 10.6. The maximum Gasteiger partial charge on any atom is 0.177 e. The van der Waals surface area contributed by atoms with Crippen molar-refractivity contribution < 1.29 is 4.74 Å². The van der Waals surface area contributed by atoms with Crippen molar-refractivity contribution in [1.29, 1.82) is 0 Å². The van der Waals surface area contributed by atoms with Gasteiger partial charge in [0.25, 0.3) is 0 Å². The third kappa shape index (κ3) is 3.11. The Labute approximate surface area is 128 Å². The molecular formula is C17H16N2OS. The molecular weight excluding hydrogens is 280 g/mol. The number of aryl methyl sites for hydroxylation is 1. The van der Waals surface area contributed by atoms with Crippen LogP contribution >= 0.6 is 11.8 Å². The lowest BCUT2D eigenvalue weighted by atomic mass is 10.2. The maximum absolute atomic E-state index is 5.19. The van der Waals surface area contributed by atoms with Crippen LogP contribution in [0, 0.1) is 6.92 Å². The first-order chi connectivity index (χ1) is 10.3. The quantitative estimate of drug-likeness (QED) is 0.716. The van der Waals surface area contributed by atoms with Gasteiger partial charge < -0.3 is 4.74 Å². The van der Waals surface area contributed by atoms with Gasteiger partial charge in [-0.15, -0.1) is 0 Å². The number of imidazole rings is 1. The largest absolute Gasteiger partial charge is 0.497 e. The zero-order valence-corrected chi connectivity index (χ0v) is 12.8. The summed E-state index contributed by atoms with van der Waals surface area (Å²) in [4.78, 5) is 5.63. The summed E-state index contributed by atoms with van der Waals surface area (Å²) in [5.41, 5.74) is 2.33. The van der Waals surface area contributed by atoms with Gasteiger partial charge in [-0.2, -0.15) is 0 Å². The second-order valence-electron chi connectivity index (χ2n) is 4.69. The van der Waals surface area contributed by atoms with Crippen LogP contribution in [0.1, 0.15) is 5.56 Å². The Kier molecular flexibility index (Phi) is 3.97. The van der Waals surface area contributed by atoms with Gasteiger partial charge in [-0.25, -0.2) is 4.98 Å². The van der Waals surface area contributed by atoms with Gasteiger partial charge in [-0.1, -0.05) is 29.5 Å². The molecule has 0 saturated heterocycles. The monoisotopic (exact) mass is 296 g/mol. The standard InChI is InChI=1S/C17H16N2OS/c1-13-3-9-16(10-4-13)21-17-18-11-12-19(17)14-5-7-15(20-2)8-6-14/h3-12H,1-2H3. The molecule has 3 nitrogen and oxygen atoms in total. The summed E-state index contributed by atoms with van der Waals surface area (Å²) in [6, 6.07) is 16.4. The Morgan fingerprint density at radius 1 is 1.00 bits per heavy atom. The molecule has 3 rings (SSSR count). The molecule has 0 saturated carbocycles. The van der Waals surface area contributed by atoms with E-state index in [2.05, 4.69) is 40.7 Å². The topological polar surface area (TPSA) is 27.1 Å². The van der Waals surface area contributed by atoms with E-state index in [9.17, 15) is 0 Å². The Morgan fingerprint density at radius 3 is 2.38 bits per heavy atom. The molecule has 0 fully saturated rings. The highest BCUT2D eigenvalue weighted by Crippen LogP contribution is 2.28. The molecule has 0 radical (unpaired) electrons. The van der Waals surface area contributed by atoms with Crippen molar-refractivity contribution >= 4 is 11.8 Å². The SMILES string of the molecule is COc1ccc(-n2ccnc2Sc2ccc(C)cc2)cc1. The van der Waals surface area contributed by atoms with Crippen LogP contribution in [0.2, 0.25) is 0 Å². The van der Waals surface area contributed by atoms with E-state index in [1.165, 1.54) is 10.5 Å². The van der Waals surface area contributed by atoms with E-state index in [1.54, 1.807) is 18.9 Å². The fraction of sp³-hybridized carbons (Fsp3) is 0.118.